The SMILES string of the molecule is C=C(C)C(=O)OCCC[N+](CCC)(CCC)CCCCCC.O=S(=O)([N-]S(=O)(=O)C(F)(F)F)C(F)(F)F. The maximum absolute atomic E-state index is 11.4. The Morgan fingerprint density at radius 3 is 1.54 bits per heavy atom. The van der Waals surface area contributed by atoms with Crippen LogP contribution in [0.3, 0.4) is 0 Å². The average molecular weight is 593 g/mol. The standard InChI is InChI=1S/C19H38NO2.C2F6NO4S2/c1-6-9-10-11-15-20(13-7-2,14-8-3)16-12-17-22-19(21)18(4)5;3-1(4,5)14(10,11)9-15(12,13)2(6,7)8/h4,6-17H2,1-3,5H3;/q+1;-1. The van der Waals surface area contributed by atoms with Crippen molar-refractivity contribution in [3.63, 3.8) is 0 Å². The first-order chi connectivity index (χ1) is 16.7. The number of sulfonamides is 2. The van der Waals surface area contributed by atoms with Crippen LogP contribution in [0, 0.1) is 0 Å². The van der Waals surface area contributed by atoms with Crippen molar-refractivity contribution in [3.05, 3.63) is 16.3 Å². The maximum atomic E-state index is 11.4. The predicted octanol–water partition coefficient (Wildman–Crippen LogP) is 5.77. The van der Waals surface area contributed by atoms with Crippen molar-refractivity contribution in [1.82, 2.24) is 0 Å². The molecule has 0 aliphatic rings. The van der Waals surface area contributed by atoms with Crippen molar-refractivity contribution < 1.29 is 57.2 Å². The molecule has 8 nitrogen and oxygen atoms in total. The molecule has 0 heterocycles. The highest BCUT2D eigenvalue weighted by molar-refractivity contribution is 8.13. The second-order valence-electron chi connectivity index (χ2n) is 8.48. The quantitative estimate of drug-likeness (QED) is 0.0740. The summed E-state index contributed by atoms with van der Waals surface area (Å²) in [5, 5.41) is 0. The predicted molar refractivity (Wildman–Crippen MR) is 128 cm³/mol. The number of halogens is 6. The zero-order valence-electron chi connectivity index (χ0n) is 21.6. The molecular formula is C21H38F6N2O6S2. The summed E-state index contributed by atoms with van der Waals surface area (Å²) < 4.78 is 116. The minimum atomic E-state index is -6.72. The lowest BCUT2D eigenvalue weighted by molar-refractivity contribution is -0.928. The van der Waals surface area contributed by atoms with E-state index in [0.717, 1.165) is 17.1 Å². The van der Waals surface area contributed by atoms with Crippen LogP contribution >= 0.6 is 0 Å². The van der Waals surface area contributed by atoms with Crippen LogP contribution in [0.2, 0.25) is 0 Å². The van der Waals surface area contributed by atoms with E-state index in [9.17, 15) is 48.0 Å². The van der Waals surface area contributed by atoms with E-state index < -0.39 is 31.1 Å². The highest BCUT2D eigenvalue weighted by Gasteiger charge is 2.46. The lowest BCUT2D eigenvalue weighted by Gasteiger charge is -2.39. The molecule has 0 aromatic rings. The Labute approximate surface area is 216 Å². The number of esters is 1. The van der Waals surface area contributed by atoms with Gasteiger partial charge < -0.3 is 13.3 Å². The molecule has 222 valence electrons. The lowest BCUT2D eigenvalue weighted by Crippen LogP contribution is -2.50. The highest BCUT2D eigenvalue weighted by Crippen LogP contribution is 2.36. The first kappa shape index (κ1) is 37.8. The van der Waals surface area contributed by atoms with Crippen molar-refractivity contribution >= 4 is 26.0 Å². The van der Waals surface area contributed by atoms with Gasteiger partial charge in [-0.15, -0.1) is 0 Å². The van der Waals surface area contributed by atoms with Gasteiger partial charge in [0.15, 0.2) is 20.0 Å². The Kier molecular flexibility index (Phi) is 16.9. The zero-order chi connectivity index (χ0) is 29.6. The van der Waals surface area contributed by atoms with Gasteiger partial charge in [-0.05, 0) is 32.6 Å². The van der Waals surface area contributed by atoms with Crippen LogP contribution in [0.25, 0.3) is 4.13 Å². The number of unbranched alkanes of at least 4 members (excludes halogenated alkanes) is 3. The van der Waals surface area contributed by atoms with Crippen LogP contribution in [0.15, 0.2) is 12.2 Å². The van der Waals surface area contributed by atoms with Crippen LogP contribution in [-0.4, -0.2) is 71.1 Å². The first-order valence-corrected chi connectivity index (χ1v) is 14.6. The van der Waals surface area contributed by atoms with Gasteiger partial charge in [0, 0.05) is 12.0 Å². The monoisotopic (exact) mass is 592 g/mol. The van der Waals surface area contributed by atoms with E-state index in [1.165, 1.54) is 62.6 Å². The Balaban J connectivity index is 0. The Morgan fingerprint density at radius 2 is 1.19 bits per heavy atom. The summed E-state index contributed by atoms with van der Waals surface area (Å²) >= 11 is 0. The molecule has 0 aromatic heterocycles. The molecule has 0 atom stereocenters. The third-order valence-corrected chi connectivity index (χ3v) is 7.76. The number of hydrogen-bond acceptors (Lipinski definition) is 6. The smallest absolute Gasteiger partial charge is 0.462 e. The summed E-state index contributed by atoms with van der Waals surface area (Å²) in [6.45, 7) is 17.5. The number of hydrogen-bond donors (Lipinski definition) is 0. The summed E-state index contributed by atoms with van der Waals surface area (Å²) in [4.78, 5) is 11.4. The van der Waals surface area contributed by atoms with Crippen LogP contribution < -0.4 is 0 Å². The van der Waals surface area contributed by atoms with E-state index in [0.29, 0.717) is 12.2 Å². The largest absolute Gasteiger partial charge is 0.480 e. The van der Waals surface area contributed by atoms with E-state index in [1.54, 1.807) is 6.92 Å². The molecule has 0 aromatic carbocycles. The Hall–Kier alpha value is -1.39. The van der Waals surface area contributed by atoms with Gasteiger partial charge in [-0.2, -0.15) is 26.3 Å². The molecule has 0 saturated heterocycles. The summed E-state index contributed by atoms with van der Waals surface area (Å²) in [6, 6.07) is 0. The van der Waals surface area contributed by atoms with Gasteiger partial charge in [0.1, 0.15) is 0 Å². The van der Waals surface area contributed by atoms with Crippen molar-refractivity contribution in [3.8, 4) is 0 Å². The van der Waals surface area contributed by atoms with Gasteiger partial charge in [0.05, 0.1) is 32.8 Å². The number of carbonyl (C=O) groups is 1. The van der Waals surface area contributed by atoms with Gasteiger partial charge in [-0.25, -0.2) is 21.6 Å². The summed E-state index contributed by atoms with van der Waals surface area (Å²) in [5.74, 6) is -0.257. The Morgan fingerprint density at radius 1 is 0.757 bits per heavy atom. The molecule has 16 heteroatoms. The number of nitrogens with zero attached hydrogens (tertiary/aromatic N) is 2. The van der Waals surface area contributed by atoms with E-state index >= 15 is 0 Å². The van der Waals surface area contributed by atoms with E-state index in [1.807, 2.05) is 0 Å². The molecule has 0 rings (SSSR count). The number of ether oxygens (including phenoxy) is 1. The molecule has 0 radical (unpaired) electrons. The minimum Gasteiger partial charge on any atom is -0.462 e. The molecule has 0 fully saturated rings. The molecule has 0 amide bonds. The topological polar surface area (TPSA) is 109 Å². The lowest BCUT2D eigenvalue weighted by atomic mass is 10.1. The van der Waals surface area contributed by atoms with E-state index in [-0.39, 0.29) is 5.97 Å². The molecule has 0 unspecified atom stereocenters. The zero-order valence-corrected chi connectivity index (χ0v) is 23.3. The Bertz CT molecular complexity index is 855. The fourth-order valence-corrected chi connectivity index (χ4v) is 5.10. The van der Waals surface area contributed by atoms with Crippen molar-refractivity contribution in [2.45, 2.75) is 83.7 Å². The number of carbonyl (C=O) groups excluding carboxylic acids is 1. The van der Waals surface area contributed by atoms with Gasteiger partial charge in [-0.3, -0.25) is 0 Å². The van der Waals surface area contributed by atoms with Gasteiger partial charge in [-0.1, -0.05) is 40.2 Å². The molecule has 0 saturated carbocycles. The minimum absolute atomic E-state index is 0.257. The molecular weight excluding hydrogens is 554 g/mol. The molecule has 37 heavy (non-hydrogen) atoms. The third kappa shape index (κ3) is 15.0. The number of rotatable bonds is 16. The van der Waals surface area contributed by atoms with Crippen LogP contribution in [0.4, 0.5) is 26.3 Å². The van der Waals surface area contributed by atoms with E-state index in [4.69, 9.17) is 4.74 Å². The van der Waals surface area contributed by atoms with Gasteiger partial charge >= 0.3 is 17.0 Å². The normalized spacial score (nSPS) is 13.0. The molecule has 0 aliphatic carbocycles. The molecule has 0 aliphatic heterocycles. The van der Waals surface area contributed by atoms with Crippen LogP contribution in [0.1, 0.15) is 72.6 Å². The second-order valence-corrected chi connectivity index (χ2v) is 11.9. The third-order valence-electron chi connectivity index (χ3n) is 5.02. The summed E-state index contributed by atoms with van der Waals surface area (Å²) in [7, 11) is -13.4. The number of quaternary nitrogens is 1. The highest BCUT2D eigenvalue weighted by atomic mass is 32.3. The maximum Gasteiger partial charge on any atom is 0.480 e. The molecule has 0 bridgehead atoms. The average Bonchev–Trinajstić information content (AvgIpc) is 2.72. The van der Waals surface area contributed by atoms with Crippen LogP contribution in [0.5, 0.6) is 0 Å². The number of alkyl halides is 6. The summed E-state index contributed by atoms with van der Waals surface area (Å²) in [6.07, 6.45) is 8.69. The second kappa shape index (κ2) is 16.5. The fraction of sp³-hybridized carbons (Fsp3) is 0.857. The van der Waals surface area contributed by atoms with Gasteiger partial charge in [0.2, 0.25) is 0 Å². The summed E-state index contributed by atoms with van der Waals surface area (Å²) in [5.41, 5.74) is -11.9. The van der Waals surface area contributed by atoms with Gasteiger partial charge in [0.25, 0.3) is 0 Å². The molecule has 0 N–H and O–H groups in total. The first-order valence-electron chi connectivity index (χ1n) is 11.8. The van der Waals surface area contributed by atoms with Crippen molar-refractivity contribution in [1.29, 1.82) is 0 Å². The fourth-order valence-electron chi connectivity index (χ4n) is 3.40. The van der Waals surface area contributed by atoms with Crippen molar-refractivity contribution in [2.24, 2.45) is 0 Å². The van der Waals surface area contributed by atoms with Crippen molar-refractivity contribution in [2.75, 3.05) is 32.8 Å². The van der Waals surface area contributed by atoms with Crippen LogP contribution in [-0.2, 0) is 29.6 Å². The van der Waals surface area contributed by atoms with E-state index in [2.05, 4.69) is 27.4 Å². The molecule has 0 spiro atoms.